The number of nitrogens with zero attached hydrogens (tertiary/aromatic N) is 1. The summed E-state index contributed by atoms with van der Waals surface area (Å²) < 4.78 is 4.61. The van der Waals surface area contributed by atoms with Crippen LogP contribution in [0.15, 0.2) is 17.0 Å². The molecule has 0 bridgehead atoms. The minimum absolute atomic E-state index is 0.320. The zero-order valence-corrected chi connectivity index (χ0v) is 14.6. The van der Waals surface area contributed by atoms with Gasteiger partial charge in [-0.1, -0.05) is 17.7 Å². The van der Waals surface area contributed by atoms with Crippen molar-refractivity contribution in [3.63, 3.8) is 0 Å². The van der Waals surface area contributed by atoms with Crippen LogP contribution in [0.3, 0.4) is 0 Å². The second-order valence-corrected chi connectivity index (χ2v) is 6.56. The molecule has 1 aliphatic rings. The van der Waals surface area contributed by atoms with Gasteiger partial charge in [0.1, 0.15) is 6.04 Å². The van der Waals surface area contributed by atoms with E-state index in [4.69, 9.17) is 0 Å². The number of imide groups is 1. The highest BCUT2D eigenvalue weighted by Crippen LogP contribution is 2.34. The van der Waals surface area contributed by atoms with Gasteiger partial charge in [0.25, 0.3) is 11.1 Å². The molecule has 0 saturated carbocycles. The third-order valence-electron chi connectivity index (χ3n) is 3.77. The first-order valence-corrected chi connectivity index (χ1v) is 8.00. The Bertz CT molecular complexity index is 700. The van der Waals surface area contributed by atoms with Crippen molar-refractivity contribution in [3.8, 4) is 0 Å². The number of esters is 1. The number of rotatable bonds is 3. The monoisotopic (exact) mass is 333 g/mol. The fraction of sp³-hybridized carbons (Fsp3) is 0.353. The van der Waals surface area contributed by atoms with Crippen LogP contribution in [0.4, 0.5) is 4.79 Å². The summed E-state index contributed by atoms with van der Waals surface area (Å²) in [6.07, 6.45) is 1.72. The van der Waals surface area contributed by atoms with Gasteiger partial charge in [-0.15, -0.1) is 0 Å². The van der Waals surface area contributed by atoms with Gasteiger partial charge < -0.3 is 4.74 Å². The van der Waals surface area contributed by atoms with Crippen LogP contribution < -0.4 is 0 Å². The van der Waals surface area contributed by atoms with E-state index in [1.54, 1.807) is 6.08 Å². The van der Waals surface area contributed by atoms with Crippen LogP contribution in [-0.2, 0) is 14.3 Å². The molecule has 1 aliphatic heterocycles. The lowest BCUT2D eigenvalue weighted by atomic mass is 9.99. The van der Waals surface area contributed by atoms with Gasteiger partial charge in [0.15, 0.2) is 0 Å². The molecule has 0 aromatic heterocycles. The maximum Gasteiger partial charge on any atom is 0.328 e. The third-order valence-corrected chi connectivity index (χ3v) is 4.65. The van der Waals surface area contributed by atoms with Crippen LogP contribution in [-0.4, -0.2) is 35.2 Å². The summed E-state index contributed by atoms with van der Waals surface area (Å²) in [7, 11) is 1.23. The minimum Gasteiger partial charge on any atom is -0.467 e. The van der Waals surface area contributed by atoms with E-state index in [1.807, 2.05) is 32.9 Å². The lowest BCUT2D eigenvalue weighted by molar-refractivity contribution is -0.148. The highest BCUT2D eigenvalue weighted by molar-refractivity contribution is 8.18. The number of ether oxygens (including phenoxy) is 1. The predicted octanol–water partition coefficient (Wildman–Crippen LogP) is 3.21. The van der Waals surface area contributed by atoms with Gasteiger partial charge in [0, 0.05) is 0 Å². The van der Waals surface area contributed by atoms with E-state index in [-0.39, 0.29) is 0 Å². The Kier molecular flexibility index (Phi) is 4.94. The van der Waals surface area contributed by atoms with E-state index in [0.29, 0.717) is 4.91 Å². The number of hydrogen-bond donors (Lipinski definition) is 0. The molecular weight excluding hydrogens is 314 g/mol. The number of benzene rings is 1. The SMILES string of the molecule is COC(=O)[C@H](C)N1C(=O)S/C(=C/c2c(C)cc(C)cc2C)C1=O. The average Bonchev–Trinajstić information content (AvgIpc) is 2.75. The number of aryl methyl sites for hydroxylation is 3. The van der Waals surface area contributed by atoms with Crippen LogP contribution in [0.1, 0.15) is 29.2 Å². The summed E-state index contributed by atoms with van der Waals surface area (Å²) in [6, 6.07) is 3.12. The van der Waals surface area contributed by atoms with Crippen molar-refractivity contribution in [2.45, 2.75) is 33.7 Å². The fourth-order valence-corrected chi connectivity index (χ4v) is 3.53. The Hall–Kier alpha value is -2.08. The average molecular weight is 333 g/mol. The smallest absolute Gasteiger partial charge is 0.328 e. The first-order valence-electron chi connectivity index (χ1n) is 7.19. The molecular formula is C17H19NO4S. The molecule has 0 spiro atoms. The Balaban J connectivity index is 2.38. The predicted molar refractivity (Wildman–Crippen MR) is 89.9 cm³/mol. The lowest BCUT2D eigenvalue weighted by Crippen LogP contribution is -2.42. The number of thioether (sulfide) groups is 1. The van der Waals surface area contributed by atoms with Crippen molar-refractivity contribution in [2.75, 3.05) is 7.11 Å². The number of methoxy groups -OCH3 is 1. The molecule has 1 atom stereocenters. The van der Waals surface area contributed by atoms with Crippen molar-refractivity contribution in [1.82, 2.24) is 4.90 Å². The van der Waals surface area contributed by atoms with Gasteiger partial charge in [0.05, 0.1) is 12.0 Å². The summed E-state index contributed by atoms with van der Waals surface area (Å²) in [5.74, 6) is -1.08. The van der Waals surface area contributed by atoms with E-state index in [1.165, 1.54) is 14.0 Å². The number of amides is 2. The number of carbonyl (C=O) groups is 3. The van der Waals surface area contributed by atoms with Crippen molar-refractivity contribution in [1.29, 1.82) is 0 Å². The van der Waals surface area contributed by atoms with Gasteiger partial charge in [-0.3, -0.25) is 14.5 Å². The minimum atomic E-state index is -0.932. The van der Waals surface area contributed by atoms with Gasteiger partial charge in [-0.05, 0) is 62.2 Å². The van der Waals surface area contributed by atoms with Crippen LogP contribution in [0.25, 0.3) is 6.08 Å². The molecule has 1 fully saturated rings. The van der Waals surface area contributed by atoms with Gasteiger partial charge >= 0.3 is 5.97 Å². The molecule has 1 aromatic rings. The molecule has 2 amide bonds. The van der Waals surface area contributed by atoms with Crippen molar-refractivity contribution in [3.05, 3.63) is 39.3 Å². The Morgan fingerprint density at radius 3 is 2.30 bits per heavy atom. The number of carbonyl (C=O) groups excluding carboxylic acids is 3. The van der Waals surface area contributed by atoms with E-state index < -0.39 is 23.2 Å². The molecule has 1 saturated heterocycles. The van der Waals surface area contributed by atoms with Gasteiger partial charge in [-0.2, -0.15) is 0 Å². The van der Waals surface area contributed by atoms with E-state index in [0.717, 1.165) is 38.9 Å². The topological polar surface area (TPSA) is 63.7 Å². The molecule has 0 radical (unpaired) electrons. The quantitative estimate of drug-likeness (QED) is 0.628. The molecule has 2 rings (SSSR count). The molecule has 122 valence electrons. The molecule has 1 heterocycles. The zero-order valence-electron chi connectivity index (χ0n) is 13.8. The highest BCUT2D eigenvalue weighted by Gasteiger charge is 2.41. The van der Waals surface area contributed by atoms with Gasteiger partial charge in [0.2, 0.25) is 0 Å². The summed E-state index contributed by atoms with van der Waals surface area (Å²) in [4.78, 5) is 37.4. The van der Waals surface area contributed by atoms with Crippen molar-refractivity contribution < 1.29 is 19.1 Å². The molecule has 0 aliphatic carbocycles. The molecule has 0 N–H and O–H groups in total. The van der Waals surface area contributed by atoms with Crippen molar-refractivity contribution >= 4 is 35.0 Å². The molecule has 23 heavy (non-hydrogen) atoms. The first kappa shape index (κ1) is 17.3. The van der Waals surface area contributed by atoms with Crippen LogP contribution >= 0.6 is 11.8 Å². The molecule has 1 aromatic carbocycles. The number of hydrogen-bond acceptors (Lipinski definition) is 5. The van der Waals surface area contributed by atoms with Crippen LogP contribution in [0, 0.1) is 20.8 Å². The third kappa shape index (κ3) is 3.32. The summed E-state index contributed by atoms with van der Waals surface area (Å²) in [6.45, 7) is 7.42. The van der Waals surface area contributed by atoms with E-state index in [9.17, 15) is 14.4 Å². The highest BCUT2D eigenvalue weighted by atomic mass is 32.2. The van der Waals surface area contributed by atoms with Crippen LogP contribution in [0.2, 0.25) is 0 Å². The standard InChI is InChI=1S/C17H19NO4S/c1-9-6-10(2)13(11(3)7-9)8-14-15(19)18(17(21)23-14)12(4)16(20)22-5/h6-8,12H,1-5H3/b14-8+/t12-/m0/s1. The van der Waals surface area contributed by atoms with Gasteiger partial charge in [-0.25, -0.2) is 4.79 Å². The lowest BCUT2D eigenvalue weighted by Gasteiger charge is -2.18. The zero-order chi connectivity index (χ0) is 17.3. The maximum atomic E-state index is 12.5. The second kappa shape index (κ2) is 6.58. The van der Waals surface area contributed by atoms with E-state index >= 15 is 0 Å². The summed E-state index contributed by atoms with van der Waals surface area (Å²) in [5, 5.41) is -0.457. The molecule has 5 nitrogen and oxygen atoms in total. The summed E-state index contributed by atoms with van der Waals surface area (Å²) >= 11 is 0.845. The first-order chi connectivity index (χ1) is 10.8. The second-order valence-electron chi connectivity index (χ2n) is 5.56. The Morgan fingerprint density at radius 1 is 1.22 bits per heavy atom. The normalized spacial score (nSPS) is 17.8. The maximum absolute atomic E-state index is 12.5. The summed E-state index contributed by atoms with van der Waals surface area (Å²) in [5.41, 5.74) is 4.14. The Labute approximate surface area is 139 Å². The largest absolute Gasteiger partial charge is 0.467 e. The Morgan fingerprint density at radius 2 is 1.78 bits per heavy atom. The van der Waals surface area contributed by atoms with Crippen molar-refractivity contribution in [2.24, 2.45) is 0 Å². The fourth-order valence-electron chi connectivity index (χ4n) is 2.64. The molecule has 6 heteroatoms. The van der Waals surface area contributed by atoms with Crippen LogP contribution in [0.5, 0.6) is 0 Å². The van der Waals surface area contributed by atoms with E-state index in [2.05, 4.69) is 4.74 Å². The molecule has 0 unspecified atom stereocenters.